The average Bonchev–Trinajstić information content (AvgIpc) is 3.68. The van der Waals surface area contributed by atoms with Crippen molar-refractivity contribution in [3.8, 4) is 45.2 Å². The van der Waals surface area contributed by atoms with Crippen LogP contribution in [0.25, 0.3) is 110 Å². The van der Waals surface area contributed by atoms with Crippen molar-refractivity contribution in [3.63, 3.8) is 0 Å². The van der Waals surface area contributed by atoms with E-state index in [0.717, 1.165) is 88.1 Å². The fourth-order valence-electron chi connectivity index (χ4n) is 8.07. The van der Waals surface area contributed by atoms with Gasteiger partial charge in [0, 0.05) is 27.5 Å². The second kappa shape index (κ2) is 11.7. The molecule has 246 valence electrons. The van der Waals surface area contributed by atoms with Gasteiger partial charge in [0.1, 0.15) is 5.52 Å². The highest BCUT2D eigenvalue weighted by Crippen LogP contribution is 2.46. The molecule has 11 aromatic rings. The molecular formula is C49H29N3O. The molecule has 0 saturated heterocycles. The molecule has 4 nitrogen and oxygen atoms in total. The summed E-state index contributed by atoms with van der Waals surface area (Å²) in [6, 6.07) is 61.6. The molecule has 0 amide bonds. The van der Waals surface area contributed by atoms with E-state index < -0.39 is 0 Å². The Morgan fingerprint density at radius 2 is 0.943 bits per heavy atom. The van der Waals surface area contributed by atoms with E-state index >= 15 is 0 Å². The Bertz CT molecular complexity index is 3170. The molecule has 2 aromatic heterocycles. The lowest BCUT2D eigenvalue weighted by atomic mass is 9.86. The van der Waals surface area contributed by atoms with Crippen molar-refractivity contribution in [3.05, 3.63) is 176 Å². The zero-order chi connectivity index (χ0) is 34.9. The van der Waals surface area contributed by atoms with E-state index in [9.17, 15) is 0 Å². The summed E-state index contributed by atoms with van der Waals surface area (Å²) in [4.78, 5) is 15.2. The van der Waals surface area contributed by atoms with E-state index in [4.69, 9.17) is 19.4 Å². The largest absolute Gasteiger partial charge is 0.435 e. The van der Waals surface area contributed by atoms with Crippen LogP contribution in [-0.2, 0) is 0 Å². The van der Waals surface area contributed by atoms with Crippen LogP contribution in [0, 0.1) is 0 Å². The molecule has 0 spiro atoms. The molecule has 2 heterocycles. The van der Waals surface area contributed by atoms with E-state index in [1.54, 1.807) is 0 Å². The predicted molar refractivity (Wildman–Crippen MR) is 219 cm³/mol. The van der Waals surface area contributed by atoms with Gasteiger partial charge in [-0.15, -0.1) is 0 Å². The van der Waals surface area contributed by atoms with Crippen LogP contribution >= 0.6 is 0 Å². The Morgan fingerprint density at radius 3 is 1.66 bits per heavy atom. The molecule has 53 heavy (non-hydrogen) atoms. The van der Waals surface area contributed by atoms with Crippen LogP contribution in [0.2, 0.25) is 0 Å². The first kappa shape index (κ1) is 29.5. The summed E-state index contributed by atoms with van der Waals surface area (Å²) in [6.45, 7) is 0. The number of para-hydroxylation sites is 1. The van der Waals surface area contributed by atoms with Gasteiger partial charge < -0.3 is 4.42 Å². The van der Waals surface area contributed by atoms with Gasteiger partial charge in [-0.05, 0) is 79.2 Å². The Balaban J connectivity index is 1.17. The maximum atomic E-state index is 6.51. The lowest BCUT2D eigenvalue weighted by Gasteiger charge is -2.19. The summed E-state index contributed by atoms with van der Waals surface area (Å²) in [5.74, 6) is 1.35. The molecule has 9 aromatic carbocycles. The van der Waals surface area contributed by atoms with Gasteiger partial charge in [-0.1, -0.05) is 146 Å². The molecule has 0 bridgehead atoms. The van der Waals surface area contributed by atoms with Gasteiger partial charge in [-0.2, -0.15) is 0 Å². The van der Waals surface area contributed by atoms with Crippen molar-refractivity contribution < 1.29 is 4.42 Å². The number of benzene rings is 9. The number of aromatic nitrogens is 3. The third-order valence-electron chi connectivity index (χ3n) is 10.5. The number of hydrogen-bond donors (Lipinski definition) is 0. The molecule has 0 fully saturated rings. The smallest absolute Gasteiger partial charge is 0.227 e. The molecule has 0 N–H and O–H groups in total. The van der Waals surface area contributed by atoms with Crippen LogP contribution in [0.3, 0.4) is 0 Å². The van der Waals surface area contributed by atoms with E-state index in [2.05, 4.69) is 121 Å². The second-order valence-corrected chi connectivity index (χ2v) is 13.5. The highest BCUT2D eigenvalue weighted by molar-refractivity contribution is 6.24. The summed E-state index contributed by atoms with van der Waals surface area (Å²) in [5, 5.41) is 10.2. The topological polar surface area (TPSA) is 51.8 Å². The van der Waals surface area contributed by atoms with Crippen molar-refractivity contribution in [2.24, 2.45) is 0 Å². The fraction of sp³-hybridized carbons (Fsp3) is 0. The zero-order valence-electron chi connectivity index (χ0n) is 28.5. The molecular weight excluding hydrogens is 647 g/mol. The molecule has 0 aliphatic carbocycles. The molecule has 0 aliphatic rings. The Morgan fingerprint density at radius 1 is 0.358 bits per heavy atom. The lowest BCUT2D eigenvalue weighted by Crippen LogP contribution is -1.97. The minimum Gasteiger partial charge on any atom is -0.435 e. The van der Waals surface area contributed by atoms with E-state index in [0.29, 0.717) is 5.89 Å². The standard InChI is InChI=1S/C49H29N3O/c1-3-13-31(14-4-1)48-50-41-22-12-11-21-40(41)46(52-48)45-38-19-9-7-17-36(38)43(37-18-8-10-20-39(37)45)34-25-27-35-33(29-34)24-23-30-26-28-42-47(44(30)35)53-49(51-42)32-15-5-2-6-16-32/h1-29H. The average molecular weight is 676 g/mol. The molecule has 0 aliphatic heterocycles. The van der Waals surface area contributed by atoms with Crippen molar-refractivity contribution in [1.29, 1.82) is 0 Å². The fourth-order valence-corrected chi connectivity index (χ4v) is 8.07. The highest BCUT2D eigenvalue weighted by atomic mass is 16.3. The van der Waals surface area contributed by atoms with Gasteiger partial charge in [0.15, 0.2) is 11.4 Å². The van der Waals surface area contributed by atoms with Crippen molar-refractivity contribution in [1.82, 2.24) is 15.0 Å². The number of hydrogen-bond acceptors (Lipinski definition) is 4. The van der Waals surface area contributed by atoms with Crippen LogP contribution < -0.4 is 0 Å². The minimum atomic E-state index is 0.632. The molecule has 4 heteroatoms. The van der Waals surface area contributed by atoms with Crippen LogP contribution in [0.4, 0.5) is 0 Å². The zero-order valence-corrected chi connectivity index (χ0v) is 28.5. The van der Waals surface area contributed by atoms with Crippen molar-refractivity contribution in [2.45, 2.75) is 0 Å². The van der Waals surface area contributed by atoms with Crippen molar-refractivity contribution in [2.75, 3.05) is 0 Å². The molecule has 11 rings (SSSR count). The first-order valence-electron chi connectivity index (χ1n) is 17.9. The normalized spacial score (nSPS) is 11.8. The van der Waals surface area contributed by atoms with E-state index in [-0.39, 0.29) is 0 Å². The van der Waals surface area contributed by atoms with Crippen LogP contribution in [0.1, 0.15) is 0 Å². The number of nitrogens with zero attached hydrogens (tertiary/aromatic N) is 3. The number of oxazole rings is 1. The minimum absolute atomic E-state index is 0.632. The Kier molecular flexibility index (Phi) is 6.52. The summed E-state index contributed by atoms with van der Waals surface area (Å²) in [6.07, 6.45) is 0. The molecule has 0 atom stereocenters. The van der Waals surface area contributed by atoms with Gasteiger partial charge in [0.05, 0.1) is 11.2 Å². The molecule has 0 radical (unpaired) electrons. The van der Waals surface area contributed by atoms with E-state index in [1.807, 2.05) is 54.6 Å². The SMILES string of the molecule is c1ccc(-c2nc(-c3c4ccccc4c(-c4ccc5c(ccc6ccc7nc(-c8ccccc8)oc7c65)c4)c4ccccc34)c3ccccc3n2)cc1. The summed E-state index contributed by atoms with van der Waals surface area (Å²) in [7, 11) is 0. The predicted octanol–water partition coefficient (Wildman–Crippen LogP) is 13.1. The number of rotatable bonds is 4. The van der Waals surface area contributed by atoms with E-state index in [1.165, 1.54) is 16.3 Å². The monoisotopic (exact) mass is 675 g/mol. The number of fused-ring (bicyclic) bond motifs is 8. The summed E-state index contributed by atoms with van der Waals surface area (Å²) >= 11 is 0. The highest BCUT2D eigenvalue weighted by Gasteiger charge is 2.21. The maximum absolute atomic E-state index is 6.51. The quantitative estimate of drug-likeness (QED) is 0.138. The first-order valence-corrected chi connectivity index (χ1v) is 17.9. The van der Waals surface area contributed by atoms with Gasteiger partial charge in [-0.25, -0.2) is 15.0 Å². The summed E-state index contributed by atoms with van der Waals surface area (Å²) in [5.41, 5.74) is 8.96. The third-order valence-corrected chi connectivity index (χ3v) is 10.5. The first-order chi connectivity index (χ1) is 26.3. The van der Waals surface area contributed by atoms with Gasteiger partial charge >= 0.3 is 0 Å². The summed E-state index contributed by atoms with van der Waals surface area (Å²) < 4.78 is 6.51. The Hall–Kier alpha value is -7.17. The lowest BCUT2D eigenvalue weighted by molar-refractivity contribution is 0.623. The van der Waals surface area contributed by atoms with Crippen LogP contribution in [0.15, 0.2) is 180 Å². The molecule has 0 saturated carbocycles. The van der Waals surface area contributed by atoms with Crippen LogP contribution in [0.5, 0.6) is 0 Å². The van der Waals surface area contributed by atoms with Gasteiger partial charge in [0.25, 0.3) is 0 Å². The third kappa shape index (κ3) is 4.66. The van der Waals surface area contributed by atoms with Gasteiger partial charge in [0.2, 0.25) is 5.89 Å². The van der Waals surface area contributed by atoms with Gasteiger partial charge in [-0.3, -0.25) is 0 Å². The molecule has 0 unspecified atom stereocenters. The second-order valence-electron chi connectivity index (χ2n) is 13.5. The van der Waals surface area contributed by atoms with Crippen LogP contribution in [-0.4, -0.2) is 15.0 Å². The Labute approximate surface area is 304 Å². The maximum Gasteiger partial charge on any atom is 0.227 e. The van der Waals surface area contributed by atoms with Crippen molar-refractivity contribution >= 4 is 65.1 Å².